The zero-order valence-corrected chi connectivity index (χ0v) is 8.09. The topological polar surface area (TPSA) is 23.5 Å². The Kier molecular flexibility index (Phi) is 3.22. The van der Waals surface area contributed by atoms with Crippen molar-refractivity contribution in [1.29, 1.82) is 0 Å². The van der Waals surface area contributed by atoms with E-state index in [4.69, 9.17) is 0 Å². The average molecular weight is 175 g/mol. The van der Waals surface area contributed by atoms with Crippen molar-refractivity contribution in [2.24, 2.45) is 0 Å². The molecule has 0 aromatic carbocycles. The quantitative estimate of drug-likeness (QED) is 0.583. The summed E-state index contributed by atoms with van der Waals surface area (Å²) in [4.78, 5) is 2.32. The molecule has 0 aromatic heterocycles. The summed E-state index contributed by atoms with van der Waals surface area (Å²) in [6.45, 7) is 5.21. The van der Waals surface area contributed by atoms with E-state index >= 15 is 0 Å². The molecule has 1 heterocycles. The van der Waals surface area contributed by atoms with Crippen LogP contribution in [-0.2, 0) is 0 Å². The molecule has 1 aliphatic heterocycles. The van der Waals surface area contributed by atoms with E-state index in [9.17, 15) is 5.11 Å². The second-order valence-electron chi connectivity index (χ2n) is 3.40. The van der Waals surface area contributed by atoms with Crippen LogP contribution in [0.1, 0.15) is 26.7 Å². The first-order chi connectivity index (χ1) is 5.11. The summed E-state index contributed by atoms with van der Waals surface area (Å²) in [6, 6.07) is 0.478. The van der Waals surface area contributed by atoms with Crippen molar-refractivity contribution in [1.82, 2.24) is 4.90 Å². The molecule has 1 N–H and O–H groups in total. The van der Waals surface area contributed by atoms with Gasteiger partial charge in [-0.25, -0.2) is 0 Å². The van der Waals surface area contributed by atoms with Crippen LogP contribution >= 0.6 is 12.6 Å². The van der Waals surface area contributed by atoms with Crippen LogP contribution in [0.15, 0.2) is 0 Å². The lowest BCUT2D eigenvalue weighted by molar-refractivity contribution is 0.0457. The van der Waals surface area contributed by atoms with Gasteiger partial charge >= 0.3 is 0 Å². The van der Waals surface area contributed by atoms with Gasteiger partial charge in [0.15, 0.2) is 0 Å². The van der Waals surface area contributed by atoms with Gasteiger partial charge < -0.3 is 5.11 Å². The minimum atomic E-state index is -0.0895. The van der Waals surface area contributed by atoms with Crippen LogP contribution < -0.4 is 0 Å². The normalized spacial score (nSPS) is 37.1. The molecule has 0 aromatic rings. The maximum Gasteiger partial charge on any atom is 0.0567 e. The van der Waals surface area contributed by atoms with Crippen molar-refractivity contribution in [2.45, 2.75) is 44.2 Å². The van der Waals surface area contributed by atoms with Crippen LogP contribution in [0.2, 0.25) is 0 Å². The summed E-state index contributed by atoms with van der Waals surface area (Å²) in [5, 5.41) is 9.64. The molecule has 11 heavy (non-hydrogen) atoms. The molecule has 0 radical (unpaired) electrons. The maximum atomic E-state index is 9.33. The molecule has 66 valence electrons. The Morgan fingerprint density at radius 1 is 1.64 bits per heavy atom. The number of aliphatic hydroxyl groups excluding tert-OH is 1. The van der Waals surface area contributed by atoms with E-state index in [1.54, 1.807) is 0 Å². The highest BCUT2D eigenvalue weighted by Crippen LogP contribution is 2.20. The van der Waals surface area contributed by atoms with Gasteiger partial charge in [-0.15, -0.1) is 0 Å². The molecule has 0 spiro atoms. The average Bonchev–Trinajstić information content (AvgIpc) is 1.85. The largest absolute Gasteiger partial charge is 0.393 e. The fourth-order valence-electron chi connectivity index (χ4n) is 1.72. The standard InChI is InChI=1S/C8H17NOS/c1-6-5-8(10)3-4-9(6)7(2)11/h6-8,10-11H,3-5H2,1-2H3. The summed E-state index contributed by atoms with van der Waals surface area (Å²) in [5.74, 6) is 0. The Balaban J connectivity index is 2.44. The predicted molar refractivity (Wildman–Crippen MR) is 49.9 cm³/mol. The number of nitrogens with zero attached hydrogens (tertiary/aromatic N) is 1. The second kappa shape index (κ2) is 3.78. The molecule has 1 rings (SSSR count). The summed E-state index contributed by atoms with van der Waals surface area (Å²) < 4.78 is 0. The van der Waals surface area contributed by atoms with Crippen molar-refractivity contribution in [3.63, 3.8) is 0 Å². The van der Waals surface area contributed by atoms with E-state index in [0.717, 1.165) is 19.4 Å². The smallest absolute Gasteiger partial charge is 0.0567 e. The number of hydrogen-bond acceptors (Lipinski definition) is 3. The van der Waals surface area contributed by atoms with Crippen molar-refractivity contribution in [3.8, 4) is 0 Å². The van der Waals surface area contributed by atoms with Crippen LogP contribution in [-0.4, -0.2) is 34.1 Å². The number of likely N-dealkylation sites (tertiary alicyclic amines) is 1. The van der Waals surface area contributed by atoms with Crippen molar-refractivity contribution in [3.05, 3.63) is 0 Å². The Bertz CT molecular complexity index is 129. The molecule has 0 amide bonds. The lowest BCUT2D eigenvalue weighted by Gasteiger charge is -2.37. The van der Waals surface area contributed by atoms with Crippen LogP contribution in [0.3, 0.4) is 0 Å². The molecule has 0 aliphatic carbocycles. The van der Waals surface area contributed by atoms with Gasteiger partial charge in [0.2, 0.25) is 0 Å². The molecule has 1 fully saturated rings. The van der Waals surface area contributed by atoms with Crippen LogP contribution in [0.5, 0.6) is 0 Å². The Morgan fingerprint density at radius 3 is 2.73 bits per heavy atom. The van der Waals surface area contributed by atoms with Gasteiger partial charge in [-0.3, -0.25) is 4.90 Å². The fraction of sp³-hybridized carbons (Fsp3) is 1.00. The van der Waals surface area contributed by atoms with Gasteiger partial charge in [0.1, 0.15) is 0 Å². The van der Waals surface area contributed by atoms with Gasteiger partial charge in [-0.2, -0.15) is 12.6 Å². The molecule has 0 bridgehead atoms. The van der Waals surface area contributed by atoms with E-state index in [0.29, 0.717) is 11.4 Å². The minimum absolute atomic E-state index is 0.0895. The van der Waals surface area contributed by atoms with Gasteiger partial charge in [0.05, 0.1) is 11.5 Å². The number of piperidine rings is 1. The third-order valence-electron chi connectivity index (χ3n) is 2.38. The SMILES string of the molecule is CC(S)N1CCC(O)CC1C. The minimum Gasteiger partial charge on any atom is -0.393 e. The summed E-state index contributed by atoms with van der Waals surface area (Å²) in [5.41, 5.74) is 0. The molecule has 1 saturated heterocycles. The monoisotopic (exact) mass is 175 g/mol. The van der Waals surface area contributed by atoms with E-state index in [1.165, 1.54) is 0 Å². The van der Waals surface area contributed by atoms with Gasteiger partial charge in [-0.05, 0) is 26.7 Å². The number of hydrogen-bond donors (Lipinski definition) is 2. The molecular weight excluding hydrogens is 158 g/mol. The predicted octanol–water partition coefficient (Wildman–Crippen LogP) is 1.11. The summed E-state index contributed by atoms with van der Waals surface area (Å²) >= 11 is 4.37. The summed E-state index contributed by atoms with van der Waals surface area (Å²) in [6.07, 6.45) is 1.70. The van der Waals surface area contributed by atoms with E-state index in [2.05, 4.69) is 31.4 Å². The van der Waals surface area contributed by atoms with Gasteiger partial charge in [-0.1, -0.05) is 0 Å². The van der Waals surface area contributed by atoms with E-state index < -0.39 is 0 Å². The highest BCUT2D eigenvalue weighted by molar-refractivity contribution is 7.80. The van der Waals surface area contributed by atoms with Crippen molar-refractivity contribution in [2.75, 3.05) is 6.54 Å². The third kappa shape index (κ3) is 2.36. The molecular formula is C8H17NOS. The Labute approximate surface area is 74.0 Å². The number of rotatable bonds is 1. The van der Waals surface area contributed by atoms with Gasteiger partial charge in [0.25, 0.3) is 0 Å². The van der Waals surface area contributed by atoms with Crippen molar-refractivity contribution < 1.29 is 5.11 Å². The molecule has 0 saturated carbocycles. The second-order valence-corrected chi connectivity index (χ2v) is 4.14. The number of aliphatic hydroxyl groups is 1. The van der Waals surface area contributed by atoms with Crippen LogP contribution in [0, 0.1) is 0 Å². The Morgan fingerprint density at radius 2 is 2.27 bits per heavy atom. The lowest BCUT2D eigenvalue weighted by atomic mass is 10.0. The highest BCUT2D eigenvalue weighted by atomic mass is 32.1. The zero-order chi connectivity index (χ0) is 8.43. The van der Waals surface area contributed by atoms with Crippen molar-refractivity contribution >= 4 is 12.6 Å². The first-order valence-corrected chi connectivity index (χ1v) is 4.74. The van der Waals surface area contributed by atoms with Crippen LogP contribution in [0.4, 0.5) is 0 Å². The molecule has 1 aliphatic rings. The summed E-state index contributed by atoms with van der Waals surface area (Å²) in [7, 11) is 0. The first kappa shape index (κ1) is 9.36. The number of thiol groups is 1. The Hall–Kier alpha value is 0.270. The first-order valence-electron chi connectivity index (χ1n) is 4.23. The highest BCUT2D eigenvalue weighted by Gasteiger charge is 2.25. The fourth-order valence-corrected chi connectivity index (χ4v) is 2.06. The van der Waals surface area contributed by atoms with E-state index in [-0.39, 0.29) is 6.10 Å². The molecule has 3 atom stereocenters. The molecule has 3 heteroatoms. The van der Waals surface area contributed by atoms with E-state index in [1.807, 2.05) is 0 Å². The van der Waals surface area contributed by atoms with Gasteiger partial charge in [0, 0.05) is 12.6 Å². The maximum absolute atomic E-state index is 9.33. The lowest BCUT2D eigenvalue weighted by Crippen LogP contribution is -2.45. The molecule has 3 unspecified atom stereocenters. The zero-order valence-electron chi connectivity index (χ0n) is 7.20. The van der Waals surface area contributed by atoms with Crippen LogP contribution in [0.25, 0.3) is 0 Å². The third-order valence-corrected chi connectivity index (χ3v) is 2.68. The molecule has 2 nitrogen and oxygen atoms in total.